The van der Waals surface area contributed by atoms with Gasteiger partial charge < -0.3 is 54.7 Å². The van der Waals surface area contributed by atoms with Gasteiger partial charge >= 0.3 is 11.8 Å². The number of hydrogen-bond acceptors (Lipinski definition) is 16. The van der Waals surface area contributed by atoms with Crippen LogP contribution in [0, 0.1) is 24.7 Å². The van der Waals surface area contributed by atoms with Crippen molar-refractivity contribution >= 4 is 45.7 Å². The van der Waals surface area contributed by atoms with E-state index in [0.717, 1.165) is 12.2 Å². The number of anilines is 2. The number of nitrogens with zero attached hydrogens (tertiary/aromatic N) is 6. The predicted octanol–water partition coefficient (Wildman–Crippen LogP) is 4.75. The van der Waals surface area contributed by atoms with Gasteiger partial charge in [0.25, 0.3) is 11.7 Å². The number of carbonyl (C=O) groups excluding carboxylic acids is 4. The molecule has 0 saturated carbocycles. The Kier molecular flexibility index (Phi) is 14.9. The zero-order valence-corrected chi connectivity index (χ0v) is 41.7. The molecular weight excluding hydrogens is 911 g/mol. The minimum absolute atomic E-state index is 0.0381. The first-order valence-electron chi connectivity index (χ1n) is 24.8. The molecule has 6 atom stereocenters. The molecule has 1 unspecified atom stereocenters. The molecule has 2 aromatic carbocycles. The molecule has 2 fully saturated rings. The number of phenolic OH excluding ortho intramolecular Hbond substituents is 2. The van der Waals surface area contributed by atoms with Crippen LogP contribution >= 0.6 is 0 Å². The van der Waals surface area contributed by atoms with E-state index in [1.54, 1.807) is 69.3 Å². The number of aliphatic hydroxyl groups excluding tert-OH is 2. The normalized spacial score (nSPS) is 27.8. The van der Waals surface area contributed by atoms with Gasteiger partial charge in [0.05, 0.1) is 34.8 Å². The summed E-state index contributed by atoms with van der Waals surface area (Å²) >= 11 is 0. The summed E-state index contributed by atoms with van der Waals surface area (Å²) in [6.07, 6.45) is 9.13. The molecule has 380 valence electrons. The van der Waals surface area contributed by atoms with E-state index in [9.17, 15) is 39.6 Å². The maximum Gasteiger partial charge on any atom is 0.315 e. The lowest BCUT2D eigenvalue weighted by molar-refractivity contribution is -0.155. The Balaban J connectivity index is 1.09. The number of aromatic hydroxyl groups is 2. The molecule has 3 aromatic rings. The summed E-state index contributed by atoms with van der Waals surface area (Å²) in [5.74, 6) is -5.81. The maximum atomic E-state index is 14.7. The Morgan fingerprint density at radius 1 is 0.958 bits per heavy atom. The van der Waals surface area contributed by atoms with Crippen molar-refractivity contribution in [1.82, 2.24) is 14.8 Å². The number of Topliss-reactive ketones (excluding diaryl/α,β-unsaturated/α-hetero) is 1. The van der Waals surface area contributed by atoms with Crippen LogP contribution in [0.5, 0.6) is 17.2 Å². The molecule has 5 bridgehead atoms. The number of ether oxygens (including phenoxy) is 3. The van der Waals surface area contributed by atoms with Crippen molar-refractivity contribution in [2.24, 2.45) is 27.7 Å². The van der Waals surface area contributed by atoms with Crippen LogP contribution in [0.15, 0.2) is 70.7 Å². The third-order valence-corrected chi connectivity index (χ3v) is 14.5. The molecule has 0 radical (unpaired) electrons. The number of esters is 1. The number of ketones is 1. The smallest absolute Gasteiger partial charge is 0.315 e. The van der Waals surface area contributed by atoms with Crippen molar-refractivity contribution in [2.75, 3.05) is 56.0 Å². The van der Waals surface area contributed by atoms with Crippen LogP contribution in [0.25, 0.3) is 10.8 Å². The topological polar surface area (TPSA) is 236 Å². The Morgan fingerprint density at radius 3 is 2.34 bits per heavy atom. The summed E-state index contributed by atoms with van der Waals surface area (Å²) in [7, 11) is 0. The number of piperidine rings is 1. The summed E-state index contributed by atoms with van der Waals surface area (Å²) in [6.45, 7) is 16.7. The third kappa shape index (κ3) is 10.5. The van der Waals surface area contributed by atoms with Gasteiger partial charge in [-0.25, -0.2) is 0 Å². The van der Waals surface area contributed by atoms with Gasteiger partial charge in [0.2, 0.25) is 5.91 Å². The number of carbonyl (C=O) groups is 4. The maximum absolute atomic E-state index is 14.7. The predicted molar refractivity (Wildman–Crippen MR) is 264 cm³/mol. The lowest BCUT2D eigenvalue weighted by Gasteiger charge is -2.36. The standard InChI is InChI=1S/C53H67N7O11/c1-30(2)29-58-20-16-53(17-21-58)56-43-40-41-47(65)34(6)49-42(40)50(67)52(7,71-49)69-26-9-8-13-36(70-39(63)28-38(62)60-24-22-59(23-25-60)35-14-18-54-19-15-35)27-37(61)33(5)46(64)31(3)11-10-12-32(4)51(68)55-45(48(41)66)44(43)57-53/h9-12,14-15,18-19,26,30-31,33,36-37,46,61,64-66H,8,13,16-17,20-25,27-29H2,1-7H3,(H,55,68)/b11-10+,26-9+,32-12-/t31-,33-,36+,37?,46-,52-/m0/s1. The molecule has 71 heavy (non-hydrogen) atoms. The molecule has 18 heteroatoms. The number of rotatable bonds is 6. The number of hydrogen-bond donors (Lipinski definition) is 5. The van der Waals surface area contributed by atoms with Gasteiger partial charge in [0.15, 0.2) is 11.4 Å². The Labute approximate surface area is 413 Å². The van der Waals surface area contributed by atoms with E-state index in [2.05, 4.69) is 33.9 Å². The van der Waals surface area contributed by atoms with Crippen LogP contribution in [-0.2, 0) is 23.9 Å². The summed E-state index contributed by atoms with van der Waals surface area (Å²) in [6, 6.07) is 3.81. The second-order valence-electron chi connectivity index (χ2n) is 20.3. The van der Waals surface area contributed by atoms with Crippen molar-refractivity contribution < 1.29 is 53.8 Å². The van der Waals surface area contributed by atoms with Crippen LogP contribution in [0.4, 0.5) is 11.4 Å². The first kappa shape index (κ1) is 51.0. The molecule has 1 spiro atoms. The lowest BCUT2D eigenvalue weighted by atomic mass is 9.86. The number of likely N-dealkylation sites (tertiary alicyclic amines) is 1. The van der Waals surface area contributed by atoms with Crippen molar-refractivity contribution in [3.63, 3.8) is 0 Å². The Bertz CT molecular complexity index is 2780. The Morgan fingerprint density at radius 2 is 1.65 bits per heavy atom. The van der Waals surface area contributed by atoms with Crippen molar-refractivity contribution in [3.8, 4) is 17.2 Å². The van der Waals surface area contributed by atoms with Crippen molar-refractivity contribution in [2.45, 2.75) is 117 Å². The molecular formula is C53H67N7O11. The van der Waals surface area contributed by atoms with Gasteiger partial charge in [0.1, 0.15) is 35.1 Å². The van der Waals surface area contributed by atoms with Gasteiger partial charge in [-0.2, -0.15) is 0 Å². The van der Waals surface area contributed by atoms with E-state index >= 15 is 0 Å². The van der Waals surface area contributed by atoms with Crippen LogP contribution < -0.4 is 25.7 Å². The highest BCUT2D eigenvalue weighted by Gasteiger charge is 2.50. The first-order chi connectivity index (χ1) is 33.8. The van der Waals surface area contributed by atoms with E-state index in [0.29, 0.717) is 58.0 Å². The SMILES string of the molecule is C/C1=C/C=C/[C@H](C)[C@H](O)[C@@H](C)C(O)C[C@H](OC(=O)CC(=O)N2CCN(c3ccncc3)CC2)CC/C=C/O[C@@]2(C)Oc3c(C)c(O)c4c(O)c(c5c(c4c3C2=O)=NC2(CCN(CC(C)C)CC2)N=5)NC1=O. The highest BCUT2D eigenvalue weighted by molar-refractivity contribution is 6.19. The molecule has 2 amide bonds. The van der Waals surface area contributed by atoms with Gasteiger partial charge in [0, 0.05) is 118 Å². The van der Waals surface area contributed by atoms with E-state index < -0.39 is 71.4 Å². The summed E-state index contributed by atoms with van der Waals surface area (Å²) < 4.78 is 18.3. The Hall–Kier alpha value is -6.37. The van der Waals surface area contributed by atoms with E-state index in [-0.39, 0.29) is 80.5 Å². The summed E-state index contributed by atoms with van der Waals surface area (Å²) in [5, 5.41) is 50.2. The lowest BCUT2D eigenvalue weighted by Crippen LogP contribution is -2.49. The average Bonchev–Trinajstić information content (AvgIpc) is 3.84. The van der Waals surface area contributed by atoms with Crippen LogP contribution in [0.2, 0.25) is 0 Å². The van der Waals surface area contributed by atoms with Gasteiger partial charge in [-0.1, -0.05) is 45.9 Å². The highest BCUT2D eigenvalue weighted by Crippen LogP contribution is 2.50. The molecule has 2 saturated heterocycles. The highest BCUT2D eigenvalue weighted by atomic mass is 16.7. The molecule has 18 nitrogen and oxygen atoms in total. The number of benzene rings is 2. The van der Waals surface area contributed by atoms with E-state index in [1.165, 1.54) is 13.2 Å². The van der Waals surface area contributed by atoms with Crippen LogP contribution in [-0.4, -0.2) is 134 Å². The summed E-state index contributed by atoms with van der Waals surface area (Å²) in [4.78, 5) is 76.0. The fraction of sp³-hybridized carbons (Fsp3) is 0.528. The zero-order chi connectivity index (χ0) is 50.9. The minimum atomic E-state index is -1.94. The average molecular weight is 978 g/mol. The molecule has 5 N–H and O–H groups in total. The fourth-order valence-electron chi connectivity index (χ4n) is 10.2. The molecule has 0 aliphatic carbocycles. The molecule has 1 aromatic heterocycles. The van der Waals surface area contributed by atoms with Gasteiger partial charge in [-0.05, 0) is 50.8 Å². The summed E-state index contributed by atoms with van der Waals surface area (Å²) in [5.41, 5.74) is 0.403. The number of aliphatic hydroxyl groups is 2. The number of pyridine rings is 1. The van der Waals surface area contributed by atoms with Gasteiger partial charge in [-0.15, -0.1) is 0 Å². The monoisotopic (exact) mass is 977 g/mol. The van der Waals surface area contributed by atoms with Crippen molar-refractivity contribution in [1.29, 1.82) is 0 Å². The number of phenols is 2. The molecule has 7 heterocycles. The van der Waals surface area contributed by atoms with Gasteiger partial charge in [-0.3, -0.25) is 34.1 Å². The van der Waals surface area contributed by atoms with Crippen molar-refractivity contribution in [3.05, 3.63) is 82.5 Å². The van der Waals surface area contributed by atoms with Crippen LogP contribution in [0.1, 0.15) is 96.0 Å². The quantitative estimate of drug-likeness (QED) is 0.128. The number of amides is 2. The fourth-order valence-corrected chi connectivity index (χ4v) is 10.2. The largest absolute Gasteiger partial charge is 0.507 e. The number of piperazine rings is 1. The third-order valence-electron chi connectivity index (χ3n) is 14.5. The first-order valence-corrected chi connectivity index (χ1v) is 24.8. The van der Waals surface area contributed by atoms with E-state index in [1.807, 2.05) is 12.1 Å². The van der Waals surface area contributed by atoms with Crippen LogP contribution in [0.3, 0.4) is 0 Å². The molecule has 9 rings (SSSR count). The van der Waals surface area contributed by atoms with E-state index in [4.69, 9.17) is 24.2 Å². The zero-order valence-electron chi connectivity index (χ0n) is 41.7. The second kappa shape index (κ2) is 20.8. The number of nitrogens with one attached hydrogen (secondary N) is 1. The number of allylic oxidation sites excluding steroid dienone is 3. The molecule has 6 aliphatic heterocycles. The second-order valence-corrected chi connectivity index (χ2v) is 20.3. The number of fused-ring (bicyclic) bond motifs is 13. The number of aromatic nitrogens is 1. The molecule has 6 aliphatic rings. The minimum Gasteiger partial charge on any atom is -0.507 e.